The topological polar surface area (TPSA) is 76.2 Å². The number of amides is 1. The van der Waals surface area contributed by atoms with E-state index in [0.717, 1.165) is 43.9 Å². The maximum atomic E-state index is 13.0. The van der Waals surface area contributed by atoms with E-state index in [9.17, 15) is 4.79 Å². The van der Waals surface area contributed by atoms with Crippen LogP contribution < -0.4 is 5.32 Å². The van der Waals surface area contributed by atoms with Gasteiger partial charge in [-0.05, 0) is 44.7 Å². The van der Waals surface area contributed by atoms with Crippen molar-refractivity contribution in [1.82, 2.24) is 24.9 Å². The molecular formula is C17H23N5O2. The highest BCUT2D eigenvalue weighted by Crippen LogP contribution is 2.56. The highest BCUT2D eigenvalue weighted by atomic mass is 16.5. The van der Waals surface area contributed by atoms with Gasteiger partial charge in [-0.25, -0.2) is 4.98 Å². The molecule has 3 heterocycles. The second-order valence-corrected chi connectivity index (χ2v) is 7.05. The highest BCUT2D eigenvalue weighted by Gasteiger charge is 2.58. The summed E-state index contributed by atoms with van der Waals surface area (Å²) in [6.07, 6.45) is 6.99. The van der Waals surface area contributed by atoms with Gasteiger partial charge in [0.2, 0.25) is 5.76 Å². The molecule has 1 saturated carbocycles. The van der Waals surface area contributed by atoms with E-state index in [-0.39, 0.29) is 17.4 Å². The summed E-state index contributed by atoms with van der Waals surface area (Å²) >= 11 is 0. The number of hydrogen-bond acceptors (Lipinski definition) is 5. The first-order valence-electron chi connectivity index (χ1n) is 8.50. The van der Waals surface area contributed by atoms with Crippen LogP contribution in [0.1, 0.15) is 41.3 Å². The van der Waals surface area contributed by atoms with Gasteiger partial charge >= 0.3 is 0 Å². The molecule has 128 valence electrons. The molecule has 2 aromatic heterocycles. The average Bonchev–Trinajstić information content (AvgIpc) is 2.91. The molecule has 0 aromatic carbocycles. The summed E-state index contributed by atoms with van der Waals surface area (Å²) < 4.78 is 7.19. The third kappa shape index (κ3) is 2.62. The fourth-order valence-electron chi connectivity index (χ4n) is 3.86. The molecule has 7 heteroatoms. The summed E-state index contributed by atoms with van der Waals surface area (Å²) in [5.74, 6) is 1.12. The summed E-state index contributed by atoms with van der Waals surface area (Å²) in [5.41, 5.74) is 0.990. The van der Waals surface area contributed by atoms with Crippen LogP contribution in [-0.4, -0.2) is 44.6 Å². The standard InChI is InChI=1S/C17H23N5O2/c1-12-9-13(24-20-12)16(23)22(11-15-19-7-8-21(15)2)14-10-17(14)3-5-18-6-4-17/h7-9,14,18H,3-6,10-11H2,1-2H3/t14-/m1/s1. The first-order valence-corrected chi connectivity index (χ1v) is 8.50. The van der Waals surface area contributed by atoms with Crippen LogP contribution >= 0.6 is 0 Å². The molecule has 1 aliphatic heterocycles. The lowest BCUT2D eigenvalue weighted by Gasteiger charge is -2.29. The van der Waals surface area contributed by atoms with E-state index in [4.69, 9.17) is 4.52 Å². The predicted molar refractivity (Wildman–Crippen MR) is 87.3 cm³/mol. The molecule has 0 unspecified atom stereocenters. The highest BCUT2D eigenvalue weighted by molar-refractivity contribution is 5.92. The number of aryl methyl sites for hydroxylation is 2. The number of nitrogens with one attached hydrogen (secondary N) is 1. The van der Waals surface area contributed by atoms with E-state index in [0.29, 0.717) is 12.3 Å². The van der Waals surface area contributed by atoms with Crippen LogP contribution in [0.3, 0.4) is 0 Å². The maximum absolute atomic E-state index is 13.0. The SMILES string of the molecule is Cc1cc(C(=O)N(Cc2nccn2C)[C@@H]2CC23CCNCC3)on1. The van der Waals surface area contributed by atoms with E-state index >= 15 is 0 Å². The zero-order chi connectivity index (χ0) is 16.7. The van der Waals surface area contributed by atoms with Crippen LogP contribution in [-0.2, 0) is 13.6 Å². The van der Waals surface area contributed by atoms with Crippen molar-refractivity contribution >= 4 is 5.91 Å². The van der Waals surface area contributed by atoms with Crippen molar-refractivity contribution < 1.29 is 9.32 Å². The fourth-order valence-corrected chi connectivity index (χ4v) is 3.86. The maximum Gasteiger partial charge on any atom is 0.293 e. The van der Waals surface area contributed by atoms with E-state index < -0.39 is 0 Å². The zero-order valence-corrected chi connectivity index (χ0v) is 14.2. The van der Waals surface area contributed by atoms with Crippen LogP contribution in [0.4, 0.5) is 0 Å². The van der Waals surface area contributed by atoms with Crippen molar-refractivity contribution in [2.45, 2.75) is 38.8 Å². The lowest BCUT2D eigenvalue weighted by atomic mass is 9.93. The molecule has 7 nitrogen and oxygen atoms in total. The van der Waals surface area contributed by atoms with Gasteiger partial charge in [-0.3, -0.25) is 4.79 Å². The average molecular weight is 329 g/mol. The van der Waals surface area contributed by atoms with Crippen molar-refractivity contribution in [3.63, 3.8) is 0 Å². The van der Waals surface area contributed by atoms with E-state index in [1.807, 2.05) is 29.6 Å². The predicted octanol–water partition coefficient (Wildman–Crippen LogP) is 1.50. The lowest BCUT2D eigenvalue weighted by molar-refractivity contribution is 0.0643. The molecule has 2 aliphatic rings. The number of rotatable bonds is 4. The summed E-state index contributed by atoms with van der Waals surface area (Å²) in [6, 6.07) is 1.97. The molecular weight excluding hydrogens is 306 g/mol. The van der Waals surface area contributed by atoms with Crippen molar-refractivity contribution in [1.29, 1.82) is 0 Å². The van der Waals surface area contributed by atoms with Crippen LogP contribution in [0.2, 0.25) is 0 Å². The summed E-state index contributed by atoms with van der Waals surface area (Å²) in [4.78, 5) is 19.4. The van der Waals surface area contributed by atoms with Gasteiger partial charge in [-0.1, -0.05) is 5.16 Å². The van der Waals surface area contributed by atoms with E-state index in [2.05, 4.69) is 15.5 Å². The molecule has 2 aromatic rings. The minimum absolute atomic E-state index is 0.0843. The molecule has 0 bridgehead atoms. The van der Waals surface area contributed by atoms with Gasteiger partial charge in [0.25, 0.3) is 5.91 Å². The Morgan fingerprint density at radius 1 is 1.50 bits per heavy atom. The number of carbonyl (C=O) groups excluding carboxylic acids is 1. The number of nitrogens with zero attached hydrogens (tertiary/aromatic N) is 4. The molecule has 1 atom stereocenters. The second kappa shape index (κ2) is 5.73. The monoisotopic (exact) mass is 329 g/mol. The van der Waals surface area contributed by atoms with Gasteiger partial charge in [0.05, 0.1) is 12.2 Å². The summed E-state index contributed by atoms with van der Waals surface area (Å²) in [5, 5.41) is 7.28. The molecule has 4 rings (SSSR count). The van der Waals surface area contributed by atoms with Crippen LogP contribution in [0.25, 0.3) is 0 Å². The normalized spacial score (nSPS) is 21.8. The molecule has 1 aliphatic carbocycles. The Morgan fingerprint density at radius 3 is 2.92 bits per heavy atom. The Bertz CT molecular complexity index is 744. The van der Waals surface area contributed by atoms with E-state index in [1.165, 1.54) is 0 Å². The van der Waals surface area contributed by atoms with Crippen molar-refractivity contribution in [3.05, 3.63) is 35.7 Å². The van der Waals surface area contributed by atoms with E-state index in [1.54, 1.807) is 12.3 Å². The molecule has 1 spiro atoms. The van der Waals surface area contributed by atoms with Gasteiger partial charge in [0, 0.05) is 31.5 Å². The number of aromatic nitrogens is 3. The van der Waals surface area contributed by atoms with Crippen molar-refractivity contribution in [2.24, 2.45) is 12.5 Å². The zero-order valence-electron chi connectivity index (χ0n) is 14.2. The molecule has 0 radical (unpaired) electrons. The first kappa shape index (κ1) is 15.4. The third-order valence-corrected chi connectivity index (χ3v) is 5.45. The van der Waals surface area contributed by atoms with Gasteiger partial charge in [-0.15, -0.1) is 0 Å². The largest absolute Gasteiger partial charge is 0.351 e. The Hall–Kier alpha value is -2.15. The van der Waals surface area contributed by atoms with Gasteiger partial charge in [0.1, 0.15) is 5.82 Å². The molecule has 24 heavy (non-hydrogen) atoms. The van der Waals surface area contributed by atoms with Crippen LogP contribution in [0.5, 0.6) is 0 Å². The number of piperidine rings is 1. The minimum Gasteiger partial charge on any atom is -0.351 e. The van der Waals surface area contributed by atoms with Gasteiger partial charge in [0.15, 0.2) is 0 Å². The number of carbonyl (C=O) groups is 1. The quantitative estimate of drug-likeness (QED) is 0.920. The minimum atomic E-state index is -0.0843. The van der Waals surface area contributed by atoms with Crippen LogP contribution in [0.15, 0.2) is 23.0 Å². The number of hydrogen-bond donors (Lipinski definition) is 1. The molecule has 1 amide bonds. The second-order valence-electron chi connectivity index (χ2n) is 7.05. The number of imidazole rings is 1. The van der Waals surface area contributed by atoms with Gasteiger partial charge < -0.3 is 19.3 Å². The Morgan fingerprint density at radius 2 is 2.29 bits per heavy atom. The summed E-state index contributed by atoms with van der Waals surface area (Å²) in [7, 11) is 1.96. The Labute approximate surface area is 141 Å². The molecule has 1 saturated heterocycles. The van der Waals surface area contributed by atoms with Crippen molar-refractivity contribution in [3.8, 4) is 0 Å². The smallest absolute Gasteiger partial charge is 0.293 e. The Kier molecular flexibility index (Phi) is 3.68. The molecule has 1 N–H and O–H groups in total. The third-order valence-electron chi connectivity index (χ3n) is 5.45. The van der Waals surface area contributed by atoms with Gasteiger partial charge in [-0.2, -0.15) is 0 Å². The first-order chi connectivity index (χ1) is 11.6. The Balaban J connectivity index is 1.60. The lowest BCUT2D eigenvalue weighted by Crippen LogP contribution is -2.39. The fraction of sp³-hybridized carbons (Fsp3) is 0.588. The summed E-state index contributed by atoms with van der Waals surface area (Å²) in [6.45, 7) is 4.39. The van der Waals surface area contributed by atoms with Crippen LogP contribution in [0, 0.1) is 12.3 Å². The van der Waals surface area contributed by atoms with Crippen molar-refractivity contribution in [2.75, 3.05) is 13.1 Å². The molecule has 2 fully saturated rings.